The van der Waals surface area contributed by atoms with E-state index in [2.05, 4.69) is 5.32 Å². The molecule has 0 radical (unpaired) electrons. The average molecular weight is 370 g/mol. The summed E-state index contributed by atoms with van der Waals surface area (Å²) in [6.45, 7) is 0.0237. The Balaban J connectivity index is 2.00. The van der Waals surface area contributed by atoms with Crippen LogP contribution in [0.5, 0.6) is 0 Å². The summed E-state index contributed by atoms with van der Waals surface area (Å²) in [6, 6.07) is 13.3. The fourth-order valence-electron chi connectivity index (χ4n) is 1.95. The van der Waals surface area contributed by atoms with Crippen LogP contribution >= 0.6 is 23.4 Å². The van der Waals surface area contributed by atoms with Crippen LogP contribution in [0.15, 0.2) is 58.3 Å². The molecule has 0 fully saturated rings. The van der Waals surface area contributed by atoms with E-state index in [1.165, 1.54) is 23.9 Å². The summed E-state index contributed by atoms with van der Waals surface area (Å²) in [5.41, 5.74) is 0.343. The maximum Gasteiger partial charge on any atom is 0.252 e. The van der Waals surface area contributed by atoms with Crippen LogP contribution in [0.2, 0.25) is 5.02 Å². The monoisotopic (exact) mass is 369 g/mol. The molecule has 0 bridgehead atoms. The Morgan fingerprint density at radius 2 is 1.87 bits per heavy atom. The van der Waals surface area contributed by atoms with Crippen molar-refractivity contribution in [2.24, 2.45) is 0 Å². The lowest BCUT2D eigenvalue weighted by Gasteiger charge is -2.09. The third-order valence-electron chi connectivity index (χ3n) is 3.18. The zero-order chi connectivity index (χ0) is 16.9. The molecule has 0 spiro atoms. The number of sulfone groups is 1. The van der Waals surface area contributed by atoms with Crippen molar-refractivity contribution in [3.8, 4) is 0 Å². The lowest BCUT2D eigenvalue weighted by molar-refractivity contribution is 0.0956. The van der Waals surface area contributed by atoms with Crippen LogP contribution in [0.3, 0.4) is 0 Å². The van der Waals surface area contributed by atoms with E-state index in [1.807, 2.05) is 12.3 Å². The summed E-state index contributed by atoms with van der Waals surface area (Å²) in [6.07, 6.45) is 1.90. The number of hydrogen-bond donors (Lipinski definition) is 1. The van der Waals surface area contributed by atoms with E-state index in [4.69, 9.17) is 11.6 Å². The fourth-order valence-corrected chi connectivity index (χ4v) is 3.77. The molecule has 0 atom stereocenters. The first kappa shape index (κ1) is 17.8. The van der Waals surface area contributed by atoms with Gasteiger partial charge in [-0.3, -0.25) is 4.79 Å². The summed E-state index contributed by atoms with van der Waals surface area (Å²) >= 11 is 7.52. The summed E-state index contributed by atoms with van der Waals surface area (Å²) in [5.74, 6) is -0.545. The molecule has 4 nitrogen and oxygen atoms in total. The zero-order valence-electron chi connectivity index (χ0n) is 12.5. The van der Waals surface area contributed by atoms with E-state index in [-0.39, 0.29) is 23.1 Å². The minimum Gasteiger partial charge on any atom is -0.351 e. The van der Waals surface area contributed by atoms with Crippen molar-refractivity contribution in [3.05, 3.63) is 59.1 Å². The van der Waals surface area contributed by atoms with Crippen LogP contribution in [0.1, 0.15) is 10.4 Å². The van der Waals surface area contributed by atoms with Crippen LogP contribution in [0.25, 0.3) is 0 Å². The normalized spacial score (nSPS) is 11.2. The molecule has 2 aromatic carbocycles. The molecule has 0 aromatic heterocycles. The van der Waals surface area contributed by atoms with E-state index in [9.17, 15) is 13.2 Å². The third-order valence-corrected chi connectivity index (χ3v) is 5.96. The van der Waals surface area contributed by atoms with Gasteiger partial charge in [-0.05, 0) is 36.6 Å². The van der Waals surface area contributed by atoms with Gasteiger partial charge in [-0.1, -0.05) is 29.8 Å². The molecule has 0 aliphatic heterocycles. The molecular weight excluding hydrogens is 354 g/mol. The molecule has 7 heteroatoms. The predicted octanol–water partition coefficient (Wildman–Crippen LogP) is 3.27. The largest absolute Gasteiger partial charge is 0.351 e. The smallest absolute Gasteiger partial charge is 0.252 e. The van der Waals surface area contributed by atoms with Crippen molar-refractivity contribution in [2.45, 2.75) is 9.79 Å². The van der Waals surface area contributed by atoms with E-state index < -0.39 is 9.84 Å². The number of nitrogens with one attached hydrogen (secondary N) is 1. The molecule has 0 heterocycles. The minimum atomic E-state index is -3.41. The van der Waals surface area contributed by atoms with Gasteiger partial charge in [0.1, 0.15) is 0 Å². The van der Waals surface area contributed by atoms with Gasteiger partial charge in [0.25, 0.3) is 5.91 Å². The molecule has 0 saturated carbocycles. The molecule has 2 aromatic rings. The van der Waals surface area contributed by atoms with Crippen LogP contribution in [-0.4, -0.2) is 32.9 Å². The number of benzene rings is 2. The van der Waals surface area contributed by atoms with Crippen molar-refractivity contribution in [1.29, 1.82) is 0 Å². The third kappa shape index (κ3) is 4.73. The quantitative estimate of drug-likeness (QED) is 0.794. The van der Waals surface area contributed by atoms with E-state index >= 15 is 0 Å². The van der Waals surface area contributed by atoms with Gasteiger partial charge in [0, 0.05) is 11.4 Å². The SMILES string of the molecule is CSc1ccc(Cl)c(C(=O)NCCS(=O)(=O)c2ccccc2)c1. The molecular formula is C16H16ClNO3S2. The predicted molar refractivity (Wildman–Crippen MR) is 94.1 cm³/mol. The van der Waals surface area contributed by atoms with Crippen molar-refractivity contribution in [3.63, 3.8) is 0 Å². The van der Waals surface area contributed by atoms with E-state index in [0.29, 0.717) is 10.6 Å². The Kier molecular flexibility index (Phi) is 6.10. The standard InChI is InChI=1S/C16H16ClNO3S2/c1-22-12-7-8-15(17)14(11-12)16(19)18-9-10-23(20,21)13-5-3-2-4-6-13/h2-8,11H,9-10H2,1H3,(H,18,19). The zero-order valence-corrected chi connectivity index (χ0v) is 14.8. The highest BCUT2D eigenvalue weighted by Crippen LogP contribution is 2.22. The van der Waals surface area contributed by atoms with Gasteiger partial charge in [-0.25, -0.2) is 8.42 Å². The Bertz CT molecular complexity index is 792. The summed E-state index contributed by atoms with van der Waals surface area (Å²) in [7, 11) is -3.41. The maximum absolute atomic E-state index is 12.2. The molecule has 0 unspecified atom stereocenters. The van der Waals surface area contributed by atoms with Crippen molar-refractivity contribution in [1.82, 2.24) is 5.32 Å². The lowest BCUT2D eigenvalue weighted by Crippen LogP contribution is -2.29. The van der Waals surface area contributed by atoms with Crippen LogP contribution < -0.4 is 5.32 Å². The number of carbonyl (C=O) groups is 1. The van der Waals surface area contributed by atoms with Crippen molar-refractivity contribution in [2.75, 3.05) is 18.6 Å². The van der Waals surface area contributed by atoms with Crippen LogP contribution in [0.4, 0.5) is 0 Å². The highest BCUT2D eigenvalue weighted by atomic mass is 35.5. The van der Waals surface area contributed by atoms with Gasteiger partial charge in [0.2, 0.25) is 0 Å². The number of thioether (sulfide) groups is 1. The summed E-state index contributed by atoms with van der Waals surface area (Å²) < 4.78 is 24.3. The van der Waals surface area contributed by atoms with Crippen LogP contribution in [-0.2, 0) is 9.84 Å². The van der Waals surface area contributed by atoms with E-state index in [0.717, 1.165) is 4.90 Å². The Morgan fingerprint density at radius 3 is 2.52 bits per heavy atom. The maximum atomic E-state index is 12.2. The molecule has 1 N–H and O–H groups in total. The fraction of sp³-hybridized carbons (Fsp3) is 0.188. The second-order valence-electron chi connectivity index (χ2n) is 4.73. The number of amides is 1. The summed E-state index contributed by atoms with van der Waals surface area (Å²) in [4.78, 5) is 13.3. The Hall–Kier alpha value is -1.50. The van der Waals surface area contributed by atoms with Gasteiger partial charge >= 0.3 is 0 Å². The topological polar surface area (TPSA) is 63.2 Å². The number of hydrogen-bond acceptors (Lipinski definition) is 4. The molecule has 122 valence electrons. The highest BCUT2D eigenvalue weighted by Gasteiger charge is 2.16. The lowest BCUT2D eigenvalue weighted by atomic mass is 10.2. The van der Waals surface area contributed by atoms with Gasteiger partial charge < -0.3 is 5.32 Å². The minimum absolute atomic E-state index is 0.0237. The van der Waals surface area contributed by atoms with Gasteiger partial charge in [-0.2, -0.15) is 0 Å². The van der Waals surface area contributed by atoms with E-state index in [1.54, 1.807) is 30.3 Å². The molecule has 2 rings (SSSR count). The van der Waals surface area contributed by atoms with Crippen molar-refractivity contribution < 1.29 is 13.2 Å². The summed E-state index contributed by atoms with van der Waals surface area (Å²) in [5, 5.41) is 2.94. The average Bonchev–Trinajstić information content (AvgIpc) is 2.56. The Labute approximate surface area is 145 Å². The second kappa shape index (κ2) is 7.86. The van der Waals surface area contributed by atoms with Gasteiger partial charge in [0.15, 0.2) is 9.84 Å². The first-order chi connectivity index (χ1) is 10.9. The van der Waals surface area contributed by atoms with Crippen molar-refractivity contribution >= 4 is 39.1 Å². The first-order valence-corrected chi connectivity index (χ1v) is 10.1. The number of halogens is 1. The van der Waals surface area contributed by atoms with Gasteiger partial charge in [0.05, 0.1) is 21.2 Å². The molecule has 1 amide bonds. The van der Waals surface area contributed by atoms with Crippen LogP contribution in [0, 0.1) is 0 Å². The molecule has 23 heavy (non-hydrogen) atoms. The Morgan fingerprint density at radius 1 is 1.17 bits per heavy atom. The second-order valence-corrected chi connectivity index (χ2v) is 8.13. The number of carbonyl (C=O) groups excluding carboxylic acids is 1. The highest BCUT2D eigenvalue weighted by molar-refractivity contribution is 7.98. The van der Waals surface area contributed by atoms with Gasteiger partial charge in [-0.15, -0.1) is 11.8 Å². The molecule has 0 aliphatic rings. The molecule has 0 saturated heterocycles. The first-order valence-electron chi connectivity index (χ1n) is 6.83. The number of rotatable bonds is 6. The molecule has 0 aliphatic carbocycles.